The van der Waals surface area contributed by atoms with Crippen LogP contribution in [-0.2, 0) is 0 Å². The molecule has 1 unspecified atom stereocenters. The fourth-order valence-corrected chi connectivity index (χ4v) is 2.57. The van der Waals surface area contributed by atoms with Crippen molar-refractivity contribution in [2.75, 3.05) is 6.54 Å². The molecule has 96 valence electrons. The van der Waals surface area contributed by atoms with Gasteiger partial charge < -0.3 is 10.6 Å². The van der Waals surface area contributed by atoms with Crippen LogP contribution in [0.2, 0.25) is 0 Å². The quantitative estimate of drug-likeness (QED) is 0.795. The number of carbonyl (C=O) groups is 1. The highest BCUT2D eigenvalue weighted by Crippen LogP contribution is 2.24. The summed E-state index contributed by atoms with van der Waals surface area (Å²) in [5.74, 6) is 0. The van der Waals surface area contributed by atoms with Crippen LogP contribution < -0.4 is 10.6 Å². The summed E-state index contributed by atoms with van der Waals surface area (Å²) in [5.41, 5.74) is 1.01. The summed E-state index contributed by atoms with van der Waals surface area (Å²) in [4.78, 5) is 17.1. The molecule has 1 rings (SSSR count). The van der Waals surface area contributed by atoms with Crippen molar-refractivity contribution in [3.8, 4) is 0 Å². The second-order valence-corrected chi connectivity index (χ2v) is 5.39. The molecule has 0 aromatic carbocycles. The Hall–Kier alpha value is -1.10. The highest BCUT2D eigenvalue weighted by molar-refractivity contribution is 7.11. The zero-order valence-electron chi connectivity index (χ0n) is 11.0. The lowest BCUT2D eigenvalue weighted by Gasteiger charge is -2.13. The van der Waals surface area contributed by atoms with E-state index in [9.17, 15) is 4.79 Å². The lowest BCUT2D eigenvalue weighted by molar-refractivity contribution is 0.238. The average Bonchev–Trinajstić information content (AvgIpc) is 2.58. The van der Waals surface area contributed by atoms with E-state index < -0.39 is 0 Å². The van der Waals surface area contributed by atoms with Gasteiger partial charge in [-0.1, -0.05) is 13.3 Å². The summed E-state index contributed by atoms with van der Waals surface area (Å²) in [5, 5.41) is 6.81. The van der Waals surface area contributed by atoms with Crippen molar-refractivity contribution in [3.63, 3.8) is 0 Å². The molecule has 2 amide bonds. The molecule has 0 aliphatic heterocycles. The first-order valence-electron chi connectivity index (χ1n) is 6.02. The molecular weight excluding hydrogens is 234 g/mol. The van der Waals surface area contributed by atoms with Crippen LogP contribution in [0.5, 0.6) is 0 Å². The number of amides is 2. The van der Waals surface area contributed by atoms with Gasteiger partial charge in [-0.25, -0.2) is 9.78 Å². The predicted molar refractivity (Wildman–Crippen MR) is 71.4 cm³/mol. The SMILES string of the molecule is CCCCNC(=O)NC(C)c1sc(C)nc1C. The summed E-state index contributed by atoms with van der Waals surface area (Å²) < 4.78 is 0. The first-order chi connectivity index (χ1) is 8.04. The lowest BCUT2D eigenvalue weighted by atomic mass is 10.2. The number of carbonyl (C=O) groups excluding carboxylic acids is 1. The van der Waals surface area contributed by atoms with Crippen LogP contribution in [-0.4, -0.2) is 17.6 Å². The van der Waals surface area contributed by atoms with Gasteiger partial charge in [-0.2, -0.15) is 0 Å². The molecule has 1 heterocycles. The Labute approximate surface area is 107 Å². The van der Waals surface area contributed by atoms with E-state index >= 15 is 0 Å². The van der Waals surface area contributed by atoms with E-state index in [0.29, 0.717) is 0 Å². The van der Waals surface area contributed by atoms with Crippen LogP contribution in [0.3, 0.4) is 0 Å². The molecule has 0 fully saturated rings. The average molecular weight is 255 g/mol. The number of thiazole rings is 1. The van der Waals surface area contributed by atoms with Gasteiger partial charge in [0.1, 0.15) is 0 Å². The van der Waals surface area contributed by atoms with Gasteiger partial charge in [0.15, 0.2) is 0 Å². The minimum Gasteiger partial charge on any atom is -0.338 e. The Morgan fingerprint density at radius 2 is 2.18 bits per heavy atom. The number of hydrogen-bond donors (Lipinski definition) is 2. The predicted octanol–water partition coefficient (Wildman–Crippen LogP) is 2.92. The maximum atomic E-state index is 11.6. The molecule has 0 saturated carbocycles. The first kappa shape index (κ1) is 14.0. The largest absolute Gasteiger partial charge is 0.338 e. The number of rotatable bonds is 5. The highest BCUT2D eigenvalue weighted by Gasteiger charge is 2.14. The van der Waals surface area contributed by atoms with Gasteiger partial charge in [-0.05, 0) is 27.2 Å². The van der Waals surface area contributed by atoms with E-state index in [-0.39, 0.29) is 12.1 Å². The maximum absolute atomic E-state index is 11.6. The van der Waals surface area contributed by atoms with Gasteiger partial charge in [-0.3, -0.25) is 0 Å². The van der Waals surface area contributed by atoms with Crippen LogP contribution in [0, 0.1) is 13.8 Å². The van der Waals surface area contributed by atoms with Crippen molar-refractivity contribution in [1.82, 2.24) is 15.6 Å². The summed E-state index contributed by atoms with van der Waals surface area (Å²) in [6, 6.07) is -0.0840. The molecule has 5 heteroatoms. The van der Waals surface area contributed by atoms with Gasteiger partial charge in [0.2, 0.25) is 0 Å². The van der Waals surface area contributed by atoms with Crippen molar-refractivity contribution in [2.24, 2.45) is 0 Å². The van der Waals surface area contributed by atoms with Crippen molar-refractivity contribution in [2.45, 2.75) is 46.6 Å². The second kappa shape index (κ2) is 6.59. The van der Waals surface area contributed by atoms with Crippen LogP contribution in [0.4, 0.5) is 4.79 Å². The number of hydrogen-bond acceptors (Lipinski definition) is 3. The number of aryl methyl sites for hydroxylation is 2. The van der Waals surface area contributed by atoms with Crippen LogP contribution in [0.25, 0.3) is 0 Å². The van der Waals surface area contributed by atoms with Crippen LogP contribution in [0.1, 0.15) is 48.3 Å². The van der Waals surface area contributed by atoms with E-state index in [1.54, 1.807) is 11.3 Å². The summed E-state index contributed by atoms with van der Waals surface area (Å²) in [6.07, 6.45) is 2.10. The molecule has 0 aliphatic rings. The first-order valence-corrected chi connectivity index (χ1v) is 6.84. The Kier molecular flexibility index (Phi) is 5.41. The van der Waals surface area contributed by atoms with Crippen LogP contribution in [0.15, 0.2) is 0 Å². The Morgan fingerprint density at radius 1 is 1.47 bits per heavy atom. The van der Waals surface area contributed by atoms with Gasteiger partial charge in [-0.15, -0.1) is 11.3 Å². The third kappa shape index (κ3) is 4.34. The van der Waals surface area contributed by atoms with E-state index in [1.807, 2.05) is 20.8 Å². The molecule has 0 aliphatic carbocycles. The highest BCUT2D eigenvalue weighted by atomic mass is 32.1. The zero-order valence-corrected chi connectivity index (χ0v) is 11.8. The molecule has 1 atom stereocenters. The lowest BCUT2D eigenvalue weighted by Crippen LogP contribution is -2.37. The molecule has 17 heavy (non-hydrogen) atoms. The fraction of sp³-hybridized carbons (Fsp3) is 0.667. The van der Waals surface area contributed by atoms with E-state index in [2.05, 4.69) is 22.5 Å². The maximum Gasteiger partial charge on any atom is 0.315 e. The number of aromatic nitrogens is 1. The zero-order chi connectivity index (χ0) is 12.8. The molecule has 0 saturated heterocycles. The molecule has 0 radical (unpaired) electrons. The van der Waals surface area contributed by atoms with Gasteiger partial charge in [0, 0.05) is 11.4 Å². The number of nitrogens with one attached hydrogen (secondary N) is 2. The van der Waals surface area contributed by atoms with Crippen molar-refractivity contribution >= 4 is 17.4 Å². The van der Waals surface area contributed by atoms with Crippen molar-refractivity contribution in [3.05, 3.63) is 15.6 Å². The normalized spacial score (nSPS) is 12.2. The standard InChI is InChI=1S/C12H21N3OS/c1-5-6-7-13-12(16)15-9(3)11-8(2)14-10(4)17-11/h9H,5-7H2,1-4H3,(H2,13,15,16). The number of urea groups is 1. The Bertz CT molecular complexity index is 376. The summed E-state index contributed by atoms with van der Waals surface area (Å²) in [7, 11) is 0. The molecular formula is C12H21N3OS. The van der Waals surface area contributed by atoms with Gasteiger partial charge >= 0.3 is 6.03 Å². The topological polar surface area (TPSA) is 54.0 Å². The summed E-state index contributed by atoms with van der Waals surface area (Å²) >= 11 is 1.64. The minimum atomic E-state index is -0.101. The molecule has 1 aromatic rings. The monoisotopic (exact) mass is 255 g/mol. The molecule has 1 aromatic heterocycles. The second-order valence-electron chi connectivity index (χ2n) is 4.16. The molecule has 0 bridgehead atoms. The molecule has 4 nitrogen and oxygen atoms in total. The third-order valence-corrected chi connectivity index (χ3v) is 3.75. The minimum absolute atomic E-state index is 0.0165. The third-order valence-electron chi connectivity index (χ3n) is 2.50. The van der Waals surface area contributed by atoms with Crippen molar-refractivity contribution in [1.29, 1.82) is 0 Å². The Morgan fingerprint density at radius 3 is 2.71 bits per heavy atom. The van der Waals surface area contributed by atoms with E-state index in [4.69, 9.17) is 0 Å². The van der Waals surface area contributed by atoms with Crippen LogP contribution >= 0.6 is 11.3 Å². The van der Waals surface area contributed by atoms with E-state index in [0.717, 1.165) is 35.0 Å². The van der Waals surface area contributed by atoms with Gasteiger partial charge in [0.05, 0.1) is 16.7 Å². The molecule has 0 spiro atoms. The van der Waals surface area contributed by atoms with Crippen molar-refractivity contribution < 1.29 is 4.79 Å². The summed E-state index contributed by atoms with van der Waals surface area (Å²) in [6.45, 7) is 8.78. The Balaban J connectivity index is 2.46. The number of unbranched alkanes of at least 4 members (excludes halogenated alkanes) is 1. The smallest absolute Gasteiger partial charge is 0.315 e. The number of nitrogens with zero attached hydrogens (tertiary/aromatic N) is 1. The van der Waals surface area contributed by atoms with E-state index in [1.165, 1.54) is 0 Å². The molecule has 2 N–H and O–H groups in total. The fourth-order valence-electron chi connectivity index (χ4n) is 1.64. The van der Waals surface area contributed by atoms with Gasteiger partial charge in [0.25, 0.3) is 0 Å².